The van der Waals surface area contributed by atoms with Crippen molar-refractivity contribution >= 4 is 16.6 Å². The van der Waals surface area contributed by atoms with Crippen molar-refractivity contribution in [3.63, 3.8) is 0 Å². The summed E-state index contributed by atoms with van der Waals surface area (Å²) in [7, 11) is 0. The molecule has 1 aliphatic rings. The molecule has 1 unspecified atom stereocenters. The van der Waals surface area contributed by atoms with E-state index in [9.17, 15) is 23.1 Å². The summed E-state index contributed by atoms with van der Waals surface area (Å²) in [5, 5.41) is 14.3. The van der Waals surface area contributed by atoms with Crippen molar-refractivity contribution in [2.24, 2.45) is 0 Å². The molecule has 1 fully saturated rings. The van der Waals surface area contributed by atoms with Crippen LogP contribution in [0.25, 0.3) is 21.9 Å². The van der Waals surface area contributed by atoms with Gasteiger partial charge in [-0.05, 0) is 84.6 Å². The average Bonchev–Trinajstić information content (AvgIpc) is 2.88. The zero-order valence-corrected chi connectivity index (χ0v) is 20.1. The van der Waals surface area contributed by atoms with Crippen molar-refractivity contribution in [1.29, 1.82) is 0 Å². The molecule has 0 aliphatic carbocycles. The molecule has 7 heteroatoms. The number of fused-ring (bicyclic) bond motifs is 1. The second-order valence-corrected chi connectivity index (χ2v) is 9.28. The lowest BCUT2D eigenvalue weighted by Gasteiger charge is -2.23. The van der Waals surface area contributed by atoms with Crippen molar-refractivity contribution in [1.82, 2.24) is 5.32 Å². The van der Waals surface area contributed by atoms with Crippen LogP contribution < -0.4 is 10.1 Å². The summed E-state index contributed by atoms with van der Waals surface area (Å²) in [6.45, 7) is 1.58. The Morgan fingerprint density at radius 1 is 0.946 bits per heavy atom. The van der Waals surface area contributed by atoms with E-state index < -0.39 is 28.8 Å². The molecule has 0 spiro atoms. The fourth-order valence-corrected chi connectivity index (χ4v) is 4.91. The van der Waals surface area contributed by atoms with Gasteiger partial charge >= 0.3 is 0 Å². The Morgan fingerprint density at radius 3 is 2.41 bits per heavy atom. The number of piperidine rings is 1. The summed E-state index contributed by atoms with van der Waals surface area (Å²) in [6.07, 6.45) is 4.45. The van der Waals surface area contributed by atoms with Crippen molar-refractivity contribution in [2.45, 2.75) is 31.7 Å². The van der Waals surface area contributed by atoms with E-state index in [-0.39, 0.29) is 16.9 Å². The predicted molar refractivity (Wildman–Crippen MR) is 137 cm³/mol. The SMILES string of the molecule is O=C(c1ccc(OCCC2CCCCN2)cc1)c1c(-c2c(F)cc(F)cc2F)ccc2cc(O)ccc12. The molecular formula is C30H26F3NO3. The minimum atomic E-state index is -1.11. The Morgan fingerprint density at radius 2 is 1.70 bits per heavy atom. The topological polar surface area (TPSA) is 58.6 Å². The van der Waals surface area contributed by atoms with E-state index in [0.29, 0.717) is 46.9 Å². The standard InChI is InChI=1S/C30H26F3NO3/c31-20-16-26(32)29(27(33)17-20)25-10-6-19-15-22(35)7-11-24(19)28(25)30(36)18-4-8-23(9-5-18)37-14-12-21-3-1-2-13-34-21/h4-11,15-17,21,34-35H,1-3,12-14H2. The van der Waals surface area contributed by atoms with Crippen molar-refractivity contribution in [3.05, 3.63) is 95.3 Å². The fourth-order valence-electron chi connectivity index (χ4n) is 4.91. The van der Waals surface area contributed by atoms with Crippen LogP contribution in [0.4, 0.5) is 13.2 Å². The number of phenolic OH excluding ortho intramolecular Hbond substituents is 1. The van der Waals surface area contributed by atoms with E-state index >= 15 is 0 Å². The number of phenols is 1. The molecule has 5 rings (SSSR count). The average molecular weight is 506 g/mol. The van der Waals surface area contributed by atoms with Gasteiger partial charge in [0, 0.05) is 29.3 Å². The van der Waals surface area contributed by atoms with Crippen molar-refractivity contribution in [3.8, 4) is 22.6 Å². The molecule has 4 nitrogen and oxygen atoms in total. The van der Waals surface area contributed by atoms with Gasteiger partial charge in [-0.15, -0.1) is 0 Å². The lowest BCUT2D eigenvalue weighted by molar-refractivity contribution is 0.104. The molecular weight excluding hydrogens is 479 g/mol. The minimum Gasteiger partial charge on any atom is -0.508 e. The Bertz CT molecular complexity index is 1420. The zero-order valence-electron chi connectivity index (χ0n) is 20.1. The van der Waals surface area contributed by atoms with Crippen LogP contribution in [0.2, 0.25) is 0 Å². The maximum atomic E-state index is 14.8. The summed E-state index contributed by atoms with van der Waals surface area (Å²) >= 11 is 0. The van der Waals surface area contributed by atoms with Crippen molar-refractivity contribution < 1.29 is 27.8 Å². The number of ether oxygens (including phenoxy) is 1. The number of hydrogen-bond donors (Lipinski definition) is 2. The van der Waals surface area contributed by atoms with Gasteiger partial charge in [0.15, 0.2) is 5.78 Å². The molecule has 4 aromatic rings. The summed E-state index contributed by atoms with van der Waals surface area (Å²) < 4.78 is 49.0. The van der Waals surface area contributed by atoms with E-state index in [0.717, 1.165) is 19.4 Å². The smallest absolute Gasteiger partial charge is 0.194 e. The van der Waals surface area contributed by atoms with Gasteiger partial charge in [-0.3, -0.25) is 4.79 Å². The van der Waals surface area contributed by atoms with E-state index in [1.807, 2.05) is 0 Å². The van der Waals surface area contributed by atoms with Gasteiger partial charge in [0.05, 0.1) is 12.2 Å². The number of ketones is 1. The van der Waals surface area contributed by atoms with Crippen LogP contribution in [0.1, 0.15) is 41.6 Å². The van der Waals surface area contributed by atoms with Crippen LogP contribution in [-0.2, 0) is 0 Å². The van der Waals surface area contributed by atoms with Crippen LogP contribution in [0, 0.1) is 17.5 Å². The van der Waals surface area contributed by atoms with Crippen LogP contribution in [0.5, 0.6) is 11.5 Å². The van der Waals surface area contributed by atoms with E-state index in [4.69, 9.17) is 4.74 Å². The number of carbonyl (C=O) groups is 1. The van der Waals surface area contributed by atoms with Gasteiger partial charge in [-0.1, -0.05) is 18.6 Å². The Hall–Kier alpha value is -3.84. The third kappa shape index (κ3) is 5.32. The van der Waals surface area contributed by atoms with Gasteiger partial charge in [-0.25, -0.2) is 13.2 Å². The highest BCUT2D eigenvalue weighted by Gasteiger charge is 2.23. The lowest BCUT2D eigenvalue weighted by Crippen LogP contribution is -2.35. The summed E-state index contributed by atoms with van der Waals surface area (Å²) in [6, 6.07) is 15.6. The Labute approximate surface area is 212 Å². The monoisotopic (exact) mass is 505 g/mol. The normalized spacial score (nSPS) is 15.6. The van der Waals surface area contributed by atoms with E-state index in [1.54, 1.807) is 30.3 Å². The van der Waals surface area contributed by atoms with Gasteiger partial charge in [-0.2, -0.15) is 0 Å². The Kier molecular flexibility index (Phi) is 7.15. The van der Waals surface area contributed by atoms with Crippen LogP contribution in [0.3, 0.4) is 0 Å². The van der Waals surface area contributed by atoms with Gasteiger partial charge in [0.1, 0.15) is 29.0 Å². The molecule has 2 N–H and O–H groups in total. The third-order valence-corrected chi connectivity index (χ3v) is 6.77. The largest absolute Gasteiger partial charge is 0.508 e. The molecule has 0 radical (unpaired) electrons. The quantitative estimate of drug-likeness (QED) is 0.272. The first kappa shape index (κ1) is 24.8. The number of hydrogen-bond acceptors (Lipinski definition) is 4. The molecule has 0 amide bonds. The first-order valence-electron chi connectivity index (χ1n) is 12.3. The van der Waals surface area contributed by atoms with Crippen LogP contribution >= 0.6 is 0 Å². The Balaban J connectivity index is 1.47. The van der Waals surface area contributed by atoms with Crippen molar-refractivity contribution in [2.75, 3.05) is 13.2 Å². The highest BCUT2D eigenvalue weighted by atomic mass is 19.1. The molecule has 1 aliphatic heterocycles. The second kappa shape index (κ2) is 10.6. The summed E-state index contributed by atoms with van der Waals surface area (Å²) in [4.78, 5) is 13.7. The maximum Gasteiger partial charge on any atom is 0.194 e. The minimum absolute atomic E-state index is 0.00139. The van der Waals surface area contributed by atoms with Crippen LogP contribution in [0.15, 0.2) is 66.7 Å². The molecule has 1 saturated heterocycles. The molecule has 0 bridgehead atoms. The molecule has 1 heterocycles. The third-order valence-electron chi connectivity index (χ3n) is 6.77. The molecule has 37 heavy (non-hydrogen) atoms. The van der Waals surface area contributed by atoms with E-state index in [2.05, 4.69) is 5.32 Å². The molecule has 0 aromatic heterocycles. The van der Waals surface area contributed by atoms with E-state index in [1.165, 1.54) is 37.1 Å². The maximum absolute atomic E-state index is 14.8. The molecule has 4 aromatic carbocycles. The highest BCUT2D eigenvalue weighted by Crippen LogP contribution is 2.36. The predicted octanol–water partition coefficient (Wildman–Crippen LogP) is 6.77. The lowest BCUT2D eigenvalue weighted by atomic mass is 9.89. The number of carbonyl (C=O) groups excluding carboxylic acids is 1. The summed E-state index contributed by atoms with van der Waals surface area (Å²) in [5.41, 5.74) is -0.139. The van der Waals surface area contributed by atoms with Gasteiger partial charge in [0.2, 0.25) is 0 Å². The van der Waals surface area contributed by atoms with Crippen LogP contribution in [-0.4, -0.2) is 30.1 Å². The highest BCUT2D eigenvalue weighted by molar-refractivity contribution is 6.20. The molecule has 190 valence electrons. The number of nitrogens with one attached hydrogen (secondary N) is 1. The molecule has 0 saturated carbocycles. The number of halogens is 3. The zero-order chi connectivity index (χ0) is 25.9. The van der Waals surface area contributed by atoms with Gasteiger partial charge < -0.3 is 15.2 Å². The number of rotatable bonds is 7. The van der Waals surface area contributed by atoms with Gasteiger partial charge in [0.25, 0.3) is 0 Å². The second-order valence-electron chi connectivity index (χ2n) is 9.28. The first-order chi connectivity index (χ1) is 17.9. The number of benzene rings is 4. The fraction of sp³-hybridized carbons (Fsp3) is 0.233. The first-order valence-corrected chi connectivity index (χ1v) is 12.3. The molecule has 1 atom stereocenters. The number of aromatic hydroxyl groups is 1. The summed E-state index contributed by atoms with van der Waals surface area (Å²) in [5.74, 6) is -3.13.